The molecule has 2 N–H and O–H groups in total. The van der Waals surface area contributed by atoms with Gasteiger partial charge in [-0.3, -0.25) is 9.79 Å². The number of nitrogens with zero attached hydrogens (tertiary/aromatic N) is 1. The predicted molar refractivity (Wildman–Crippen MR) is 101 cm³/mol. The average Bonchev–Trinajstić information content (AvgIpc) is 2.52. The third-order valence-electron chi connectivity index (χ3n) is 3.16. The zero-order chi connectivity index (χ0) is 15.5. The van der Waals surface area contributed by atoms with Gasteiger partial charge in [0.1, 0.15) is 0 Å². The number of esters is 1. The summed E-state index contributed by atoms with van der Waals surface area (Å²) in [5.41, 5.74) is 1.33. The van der Waals surface area contributed by atoms with E-state index >= 15 is 0 Å². The van der Waals surface area contributed by atoms with Crippen molar-refractivity contribution in [3.8, 4) is 0 Å². The van der Waals surface area contributed by atoms with Gasteiger partial charge >= 0.3 is 5.97 Å². The zero-order valence-corrected chi connectivity index (χ0v) is 15.8. The molecule has 5 nitrogen and oxygen atoms in total. The molecule has 0 bridgehead atoms. The van der Waals surface area contributed by atoms with Crippen molar-refractivity contribution < 1.29 is 9.53 Å². The van der Waals surface area contributed by atoms with Crippen LogP contribution in [0.5, 0.6) is 0 Å². The lowest BCUT2D eigenvalue weighted by Crippen LogP contribution is -2.43. The first-order valence-electron chi connectivity index (χ1n) is 7.23. The molecule has 1 aromatic rings. The van der Waals surface area contributed by atoms with E-state index in [1.165, 1.54) is 12.7 Å². The monoisotopic (exact) mass is 419 g/mol. The Morgan fingerprint density at radius 2 is 2.00 bits per heavy atom. The summed E-state index contributed by atoms with van der Waals surface area (Å²) >= 11 is 0. The summed E-state index contributed by atoms with van der Waals surface area (Å²) in [4.78, 5) is 15.2. The van der Waals surface area contributed by atoms with Crippen LogP contribution in [0.15, 0.2) is 35.3 Å². The van der Waals surface area contributed by atoms with Crippen molar-refractivity contribution in [3.05, 3.63) is 35.9 Å². The van der Waals surface area contributed by atoms with Gasteiger partial charge < -0.3 is 15.4 Å². The Bertz CT molecular complexity index is 452. The number of nitrogens with one attached hydrogen (secondary N) is 2. The van der Waals surface area contributed by atoms with E-state index in [0.717, 1.165) is 12.8 Å². The molecule has 1 unspecified atom stereocenters. The van der Waals surface area contributed by atoms with Crippen LogP contribution in [0.4, 0.5) is 0 Å². The lowest BCUT2D eigenvalue weighted by Gasteiger charge is -2.17. The first kappa shape index (κ1) is 20.7. The van der Waals surface area contributed by atoms with Crippen LogP contribution in [0.3, 0.4) is 0 Å². The van der Waals surface area contributed by atoms with Crippen molar-refractivity contribution in [1.82, 2.24) is 10.6 Å². The Labute approximate surface area is 149 Å². The highest BCUT2D eigenvalue weighted by Crippen LogP contribution is 2.04. The van der Waals surface area contributed by atoms with Gasteiger partial charge in [0.25, 0.3) is 0 Å². The quantitative estimate of drug-likeness (QED) is 0.308. The minimum Gasteiger partial charge on any atom is -0.469 e. The fourth-order valence-corrected chi connectivity index (χ4v) is 1.91. The van der Waals surface area contributed by atoms with Crippen molar-refractivity contribution in [2.24, 2.45) is 4.99 Å². The number of benzene rings is 1. The number of hydrogen-bond acceptors (Lipinski definition) is 3. The SMILES string of the molecule is CN=C(NCCC(=O)OC)NC(C)CCc1ccccc1.I. The van der Waals surface area contributed by atoms with Crippen LogP contribution in [-0.4, -0.2) is 38.7 Å². The highest BCUT2D eigenvalue weighted by atomic mass is 127. The van der Waals surface area contributed by atoms with Crippen molar-refractivity contribution in [2.75, 3.05) is 20.7 Å². The van der Waals surface area contributed by atoms with Gasteiger partial charge in [0.2, 0.25) is 0 Å². The second-order valence-electron chi connectivity index (χ2n) is 4.89. The smallest absolute Gasteiger partial charge is 0.307 e. The van der Waals surface area contributed by atoms with E-state index in [9.17, 15) is 4.79 Å². The van der Waals surface area contributed by atoms with E-state index in [0.29, 0.717) is 25.0 Å². The Balaban J connectivity index is 0.00000441. The first-order chi connectivity index (χ1) is 10.2. The van der Waals surface area contributed by atoms with E-state index in [4.69, 9.17) is 0 Å². The molecule has 0 saturated heterocycles. The van der Waals surface area contributed by atoms with Crippen molar-refractivity contribution >= 4 is 35.9 Å². The molecule has 1 aromatic carbocycles. The topological polar surface area (TPSA) is 62.7 Å². The summed E-state index contributed by atoms with van der Waals surface area (Å²) < 4.78 is 4.60. The maximum absolute atomic E-state index is 11.0. The molecule has 0 aliphatic heterocycles. The summed E-state index contributed by atoms with van der Waals surface area (Å²) in [5, 5.41) is 6.42. The Hall–Kier alpha value is -1.31. The number of carbonyl (C=O) groups excluding carboxylic acids is 1. The second-order valence-corrected chi connectivity index (χ2v) is 4.89. The van der Waals surface area contributed by atoms with E-state index < -0.39 is 0 Å². The summed E-state index contributed by atoms with van der Waals surface area (Å²) in [6, 6.07) is 10.7. The first-order valence-corrected chi connectivity index (χ1v) is 7.23. The molecule has 0 heterocycles. The van der Waals surface area contributed by atoms with Gasteiger partial charge in [-0.2, -0.15) is 0 Å². The number of methoxy groups -OCH3 is 1. The molecule has 22 heavy (non-hydrogen) atoms. The fraction of sp³-hybridized carbons (Fsp3) is 0.500. The van der Waals surface area contributed by atoms with Gasteiger partial charge in [0.05, 0.1) is 13.5 Å². The lowest BCUT2D eigenvalue weighted by molar-refractivity contribution is -0.140. The second kappa shape index (κ2) is 12.3. The Morgan fingerprint density at radius 1 is 1.32 bits per heavy atom. The van der Waals surface area contributed by atoms with E-state index in [-0.39, 0.29) is 29.9 Å². The molecule has 0 radical (unpaired) electrons. The molecule has 0 aromatic heterocycles. The molecule has 0 spiro atoms. The molecule has 6 heteroatoms. The van der Waals surface area contributed by atoms with Crippen molar-refractivity contribution in [1.29, 1.82) is 0 Å². The number of halogens is 1. The summed E-state index contributed by atoms with van der Waals surface area (Å²) in [7, 11) is 3.11. The van der Waals surface area contributed by atoms with Crippen LogP contribution >= 0.6 is 24.0 Å². The summed E-state index contributed by atoms with van der Waals surface area (Å²) in [6.45, 7) is 2.63. The zero-order valence-electron chi connectivity index (χ0n) is 13.5. The van der Waals surface area contributed by atoms with Crippen LogP contribution in [-0.2, 0) is 16.0 Å². The fourth-order valence-electron chi connectivity index (χ4n) is 1.91. The largest absolute Gasteiger partial charge is 0.469 e. The van der Waals surface area contributed by atoms with Gasteiger partial charge in [-0.1, -0.05) is 30.3 Å². The highest BCUT2D eigenvalue weighted by molar-refractivity contribution is 14.0. The van der Waals surface area contributed by atoms with Gasteiger partial charge in [-0.15, -0.1) is 24.0 Å². The standard InChI is InChI=1S/C16H25N3O2.HI/c1-13(9-10-14-7-5-4-6-8-14)19-16(17-2)18-12-11-15(20)21-3;/h4-8,13H,9-12H2,1-3H3,(H2,17,18,19);1H. The van der Waals surface area contributed by atoms with Crippen LogP contribution in [0.2, 0.25) is 0 Å². The molecule has 1 atom stereocenters. The molecule has 0 aliphatic carbocycles. The van der Waals surface area contributed by atoms with Crippen LogP contribution in [0.25, 0.3) is 0 Å². The number of rotatable bonds is 7. The van der Waals surface area contributed by atoms with Crippen molar-refractivity contribution in [2.45, 2.75) is 32.2 Å². The van der Waals surface area contributed by atoms with Crippen LogP contribution in [0, 0.1) is 0 Å². The highest BCUT2D eigenvalue weighted by Gasteiger charge is 2.06. The van der Waals surface area contributed by atoms with Gasteiger partial charge in [0, 0.05) is 19.6 Å². The molecule has 1 rings (SSSR count). The maximum atomic E-state index is 11.0. The average molecular weight is 419 g/mol. The number of carbonyl (C=O) groups is 1. The molecular formula is C16H26IN3O2. The Kier molecular flexibility index (Phi) is 11.5. The minimum absolute atomic E-state index is 0. The third kappa shape index (κ3) is 8.86. The molecule has 0 aliphatic rings. The maximum Gasteiger partial charge on any atom is 0.307 e. The lowest BCUT2D eigenvalue weighted by atomic mass is 10.1. The number of aliphatic imine (C=N–C) groups is 1. The van der Waals surface area contributed by atoms with Crippen LogP contribution < -0.4 is 10.6 Å². The van der Waals surface area contributed by atoms with E-state index in [2.05, 4.69) is 51.6 Å². The van der Waals surface area contributed by atoms with Crippen molar-refractivity contribution in [3.63, 3.8) is 0 Å². The summed E-state index contributed by atoms with van der Waals surface area (Å²) in [6.07, 6.45) is 2.37. The van der Waals surface area contributed by atoms with E-state index in [1.54, 1.807) is 7.05 Å². The third-order valence-corrected chi connectivity index (χ3v) is 3.16. The number of aryl methyl sites for hydroxylation is 1. The minimum atomic E-state index is -0.227. The van der Waals surface area contributed by atoms with Gasteiger partial charge in [-0.25, -0.2) is 0 Å². The summed E-state index contributed by atoms with van der Waals surface area (Å²) in [5.74, 6) is 0.481. The van der Waals surface area contributed by atoms with Crippen LogP contribution in [0.1, 0.15) is 25.3 Å². The molecular weight excluding hydrogens is 393 g/mol. The number of ether oxygens (including phenoxy) is 1. The number of guanidine groups is 1. The molecule has 0 fully saturated rings. The van der Waals surface area contributed by atoms with Gasteiger partial charge in [-0.05, 0) is 25.3 Å². The number of hydrogen-bond donors (Lipinski definition) is 2. The Morgan fingerprint density at radius 3 is 2.59 bits per heavy atom. The van der Waals surface area contributed by atoms with E-state index in [1.807, 2.05) is 6.07 Å². The molecule has 0 saturated carbocycles. The van der Waals surface area contributed by atoms with Gasteiger partial charge in [0.15, 0.2) is 5.96 Å². The molecule has 124 valence electrons. The predicted octanol–water partition coefficient (Wildman–Crippen LogP) is 2.35. The molecule has 0 amide bonds. The normalized spacial score (nSPS) is 12.0.